The molecule has 1 aliphatic rings. The molecule has 2 N–H and O–H groups in total. The summed E-state index contributed by atoms with van der Waals surface area (Å²) in [6.07, 6.45) is -0.117. The average Bonchev–Trinajstić information content (AvgIpc) is 3.58. The van der Waals surface area contributed by atoms with E-state index in [-0.39, 0.29) is 45.1 Å². The summed E-state index contributed by atoms with van der Waals surface area (Å²) in [7, 11) is -5.14. The third kappa shape index (κ3) is 9.12. The molecule has 1 unspecified atom stereocenters. The molecule has 11 nitrogen and oxygen atoms in total. The lowest BCUT2D eigenvalue weighted by atomic mass is 10.0. The van der Waals surface area contributed by atoms with Gasteiger partial charge in [0.1, 0.15) is 24.1 Å². The number of ether oxygens (including phenoxy) is 3. The van der Waals surface area contributed by atoms with Gasteiger partial charge in [-0.05, 0) is 72.1 Å². The van der Waals surface area contributed by atoms with Crippen molar-refractivity contribution < 1.29 is 27.5 Å². The van der Waals surface area contributed by atoms with Gasteiger partial charge in [0.05, 0.1) is 26.7 Å². The molecular formula is C38H67N5O6Si3. The highest BCUT2D eigenvalue weighted by molar-refractivity contribution is 6.75. The van der Waals surface area contributed by atoms with E-state index in [9.17, 15) is 0 Å². The number of hydrogen-bond donors (Lipinski definition) is 1. The SMILES string of the molecule is COc1ccc(C(C)COc2nc(N)c3ncn([C@@H]4O[C@H](CO[Si](C)(C)C(C)(C)C)[C@@H](O[Si](C)(C)C(C)(C)C)[C@H]4O[Si](C)(C)C(C)(C)C)c3n2)cc1. The van der Waals surface area contributed by atoms with Crippen molar-refractivity contribution in [1.82, 2.24) is 19.5 Å². The number of anilines is 1. The number of hydrogen-bond acceptors (Lipinski definition) is 10. The number of rotatable bonds is 13. The largest absolute Gasteiger partial charge is 0.497 e. The minimum atomic E-state index is -2.36. The van der Waals surface area contributed by atoms with Gasteiger partial charge in [-0.25, -0.2) is 4.98 Å². The van der Waals surface area contributed by atoms with Gasteiger partial charge >= 0.3 is 6.01 Å². The van der Waals surface area contributed by atoms with Crippen molar-refractivity contribution in [2.24, 2.45) is 0 Å². The van der Waals surface area contributed by atoms with Crippen LogP contribution in [0.15, 0.2) is 30.6 Å². The van der Waals surface area contributed by atoms with Crippen LogP contribution in [-0.4, -0.2) is 83.1 Å². The lowest BCUT2D eigenvalue weighted by Gasteiger charge is -2.44. The molecule has 3 heterocycles. The number of nitrogens with zero attached hydrogens (tertiary/aromatic N) is 4. The quantitative estimate of drug-likeness (QED) is 0.168. The van der Waals surface area contributed by atoms with E-state index in [1.54, 1.807) is 13.4 Å². The molecule has 0 radical (unpaired) electrons. The van der Waals surface area contributed by atoms with E-state index in [1.165, 1.54) is 0 Å². The Bertz CT molecular complexity index is 1660. The molecule has 1 saturated heterocycles. The lowest BCUT2D eigenvalue weighted by Crippen LogP contribution is -2.54. The highest BCUT2D eigenvalue weighted by atomic mass is 28.4. The number of nitrogens with two attached hydrogens (primary N) is 1. The monoisotopic (exact) mass is 773 g/mol. The molecule has 0 saturated carbocycles. The predicted molar refractivity (Wildman–Crippen MR) is 218 cm³/mol. The van der Waals surface area contributed by atoms with Gasteiger partial charge in [0.25, 0.3) is 0 Å². The van der Waals surface area contributed by atoms with Gasteiger partial charge in [-0.1, -0.05) is 81.4 Å². The molecule has 5 atom stereocenters. The van der Waals surface area contributed by atoms with Crippen molar-refractivity contribution in [2.45, 2.75) is 154 Å². The van der Waals surface area contributed by atoms with Crippen LogP contribution in [0.25, 0.3) is 11.2 Å². The Morgan fingerprint density at radius 3 is 1.87 bits per heavy atom. The second kappa shape index (κ2) is 15.1. The molecule has 4 rings (SSSR count). The fraction of sp³-hybridized carbons (Fsp3) is 0.711. The zero-order chi connectivity index (χ0) is 39.2. The maximum atomic E-state index is 7.36. The Labute approximate surface area is 316 Å². The van der Waals surface area contributed by atoms with Gasteiger partial charge in [0.2, 0.25) is 0 Å². The van der Waals surface area contributed by atoms with Crippen molar-refractivity contribution >= 4 is 41.9 Å². The van der Waals surface area contributed by atoms with Gasteiger partial charge in [-0.3, -0.25) is 4.57 Å². The highest BCUT2D eigenvalue weighted by Gasteiger charge is 2.55. The minimum Gasteiger partial charge on any atom is -0.497 e. The number of fused-ring (bicyclic) bond motifs is 1. The van der Waals surface area contributed by atoms with Gasteiger partial charge in [-0.15, -0.1) is 0 Å². The molecule has 0 bridgehead atoms. The van der Waals surface area contributed by atoms with Crippen molar-refractivity contribution in [1.29, 1.82) is 0 Å². The number of nitrogen functional groups attached to an aromatic ring is 1. The molecule has 52 heavy (non-hydrogen) atoms. The van der Waals surface area contributed by atoms with Crippen LogP contribution in [-0.2, 0) is 18.0 Å². The first kappa shape index (κ1) is 42.4. The number of aromatic nitrogens is 4. The van der Waals surface area contributed by atoms with E-state index in [4.69, 9.17) is 38.2 Å². The molecule has 0 spiro atoms. The molecule has 3 aromatic rings. The van der Waals surface area contributed by atoms with Crippen molar-refractivity contribution in [3.8, 4) is 11.8 Å². The Morgan fingerprint density at radius 1 is 0.808 bits per heavy atom. The molecule has 1 fully saturated rings. The summed E-state index contributed by atoms with van der Waals surface area (Å²) in [5.74, 6) is 1.12. The molecule has 14 heteroatoms. The Morgan fingerprint density at radius 2 is 1.35 bits per heavy atom. The normalized spacial score (nSPS) is 21.5. The maximum absolute atomic E-state index is 7.36. The predicted octanol–water partition coefficient (Wildman–Crippen LogP) is 9.30. The second-order valence-electron chi connectivity index (χ2n) is 19.0. The minimum absolute atomic E-state index is 0.0317. The first-order chi connectivity index (χ1) is 23.7. The average molecular weight is 774 g/mol. The van der Waals surface area contributed by atoms with Crippen molar-refractivity contribution in [2.75, 3.05) is 26.1 Å². The van der Waals surface area contributed by atoms with Crippen LogP contribution in [0.5, 0.6) is 11.8 Å². The summed E-state index contributed by atoms with van der Waals surface area (Å²) in [6.45, 7) is 36.8. The zero-order valence-corrected chi connectivity index (χ0v) is 38.0. The van der Waals surface area contributed by atoms with E-state index in [0.29, 0.717) is 24.4 Å². The van der Waals surface area contributed by atoms with Crippen molar-refractivity contribution in [3.63, 3.8) is 0 Å². The van der Waals surface area contributed by atoms with E-state index >= 15 is 0 Å². The van der Waals surface area contributed by atoms with E-state index in [2.05, 4.69) is 118 Å². The van der Waals surface area contributed by atoms with Gasteiger partial charge < -0.3 is 33.2 Å². The molecule has 0 aliphatic carbocycles. The Kier molecular flexibility index (Phi) is 12.3. The molecule has 0 amide bonds. The van der Waals surface area contributed by atoms with Crippen LogP contribution >= 0.6 is 0 Å². The Balaban J connectivity index is 1.78. The number of imidazole rings is 1. The van der Waals surface area contributed by atoms with E-state index in [1.807, 2.05) is 28.8 Å². The van der Waals surface area contributed by atoms with Crippen LogP contribution in [0.2, 0.25) is 54.4 Å². The smallest absolute Gasteiger partial charge is 0.320 e. The second-order valence-corrected chi connectivity index (χ2v) is 33.3. The molecule has 292 valence electrons. The van der Waals surface area contributed by atoms with Gasteiger partial charge in [0, 0.05) is 5.92 Å². The third-order valence-corrected chi connectivity index (χ3v) is 25.5. The fourth-order valence-electron chi connectivity index (χ4n) is 5.27. The zero-order valence-electron chi connectivity index (χ0n) is 35.0. The van der Waals surface area contributed by atoms with Crippen LogP contribution in [0.1, 0.15) is 86.9 Å². The molecule has 2 aromatic heterocycles. The lowest BCUT2D eigenvalue weighted by molar-refractivity contribution is -0.0470. The maximum Gasteiger partial charge on any atom is 0.320 e. The van der Waals surface area contributed by atoms with Gasteiger partial charge in [0.15, 0.2) is 48.2 Å². The van der Waals surface area contributed by atoms with Crippen molar-refractivity contribution in [3.05, 3.63) is 36.2 Å². The Hall–Kier alpha value is -2.34. The summed E-state index contributed by atoms with van der Waals surface area (Å²) in [6, 6.07) is 8.14. The third-order valence-electron chi connectivity index (χ3n) is 12.0. The number of methoxy groups -OCH3 is 1. The first-order valence-electron chi connectivity index (χ1n) is 18.6. The summed E-state index contributed by atoms with van der Waals surface area (Å²) in [5.41, 5.74) is 8.63. The highest BCUT2D eigenvalue weighted by Crippen LogP contribution is 2.47. The van der Waals surface area contributed by atoms with Crippen LogP contribution in [0.3, 0.4) is 0 Å². The number of benzene rings is 1. The summed E-state index contributed by atoms with van der Waals surface area (Å²) in [5, 5.41) is -0.0515. The van der Waals surface area contributed by atoms with E-state index in [0.717, 1.165) is 11.3 Å². The summed E-state index contributed by atoms with van der Waals surface area (Å²) >= 11 is 0. The first-order valence-corrected chi connectivity index (χ1v) is 27.3. The molecular weight excluding hydrogens is 707 g/mol. The summed E-state index contributed by atoms with van der Waals surface area (Å²) in [4.78, 5) is 14.0. The summed E-state index contributed by atoms with van der Waals surface area (Å²) < 4.78 is 42.1. The molecule has 1 aromatic carbocycles. The van der Waals surface area contributed by atoms with Gasteiger partial charge in [-0.2, -0.15) is 9.97 Å². The van der Waals surface area contributed by atoms with Crippen LogP contribution in [0, 0.1) is 0 Å². The van der Waals surface area contributed by atoms with E-state index < -0.39 is 37.3 Å². The standard InChI is InChI=1S/C38H67N5O6Si3/c1-25(26-18-20-27(44-11)21-19-26)22-45-35-41-32(39)29-33(42-35)43(24-40-29)34-31(49-52(16,17)38(8,9)10)30(48-51(14,15)37(5,6)7)28(47-34)23-46-50(12,13)36(2,3)4/h18-21,24-25,28,30-31,34H,22-23H2,1-17H3,(H2,39,41,42)/t25?,28-,30-,31-,34-/m1/s1. The topological polar surface area (TPSA) is 125 Å². The van der Waals surface area contributed by atoms with Crippen LogP contribution in [0.4, 0.5) is 5.82 Å². The molecule has 1 aliphatic heterocycles. The fourth-order valence-corrected chi connectivity index (χ4v) is 8.89. The van der Waals surface area contributed by atoms with Crippen LogP contribution < -0.4 is 15.2 Å².